The highest BCUT2D eigenvalue weighted by Gasteiger charge is 2.14. The predicted molar refractivity (Wildman–Crippen MR) is 86.8 cm³/mol. The van der Waals surface area contributed by atoms with Crippen molar-refractivity contribution in [1.29, 1.82) is 0 Å². The van der Waals surface area contributed by atoms with Crippen molar-refractivity contribution in [3.63, 3.8) is 0 Å². The molecule has 0 bridgehead atoms. The normalized spacial score (nSPS) is 12.9. The molecule has 1 aliphatic carbocycles. The second-order valence-electron chi connectivity index (χ2n) is 5.63. The molecule has 4 heteroatoms. The summed E-state index contributed by atoms with van der Waals surface area (Å²) in [6.45, 7) is 5.75. The zero-order chi connectivity index (χ0) is 15.7. The van der Waals surface area contributed by atoms with E-state index < -0.39 is 0 Å². The summed E-state index contributed by atoms with van der Waals surface area (Å²) in [5, 5.41) is 5.53. The van der Waals surface area contributed by atoms with Gasteiger partial charge in [-0.15, -0.1) is 0 Å². The van der Waals surface area contributed by atoms with Crippen molar-refractivity contribution in [3.05, 3.63) is 71.1 Å². The Morgan fingerprint density at radius 1 is 1.09 bits per heavy atom. The zero-order valence-corrected chi connectivity index (χ0v) is 12.4. The van der Waals surface area contributed by atoms with E-state index in [0.29, 0.717) is 11.3 Å². The second kappa shape index (κ2) is 5.64. The van der Waals surface area contributed by atoms with E-state index in [1.165, 1.54) is 28.8 Å². The van der Waals surface area contributed by atoms with Gasteiger partial charge in [0.05, 0.1) is 0 Å². The number of allylic oxidation sites excluding steroid dienone is 1. The Morgan fingerprint density at radius 2 is 1.86 bits per heavy atom. The molecule has 22 heavy (non-hydrogen) atoms. The van der Waals surface area contributed by atoms with E-state index in [-0.39, 0.29) is 11.8 Å². The first-order valence-electron chi connectivity index (χ1n) is 7.14. The van der Waals surface area contributed by atoms with Crippen molar-refractivity contribution in [3.8, 4) is 0 Å². The van der Waals surface area contributed by atoms with Crippen LogP contribution in [0.2, 0.25) is 0 Å². The van der Waals surface area contributed by atoms with Gasteiger partial charge in [-0.2, -0.15) is 0 Å². The maximum absolute atomic E-state index is 13.1. The zero-order valence-electron chi connectivity index (χ0n) is 12.4. The fourth-order valence-corrected chi connectivity index (χ4v) is 2.69. The topological polar surface area (TPSA) is 41.1 Å². The average molecular weight is 296 g/mol. The summed E-state index contributed by atoms with van der Waals surface area (Å²) < 4.78 is 13.1. The Morgan fingerprint density at radius 3 is 2.64 bits per heavy atom. The Kier molecular flexibility index (Phi) is 3.67. The van der Waals surface area contributed by atoms with Crippen molar-refractivity contribution in [1.82, 2.24) is 0 Å². The summed E-state index contributed by atoms with van der Waals surface area (Å²) in [5.74, 6) is -0.317. The van der Waals surface area contributed by atoms with Gasteiger partial charge in [0, 0.05) is 11.4 Å². The first-order chi connectivity index (χ1) is 10.5. The van der Waals surface area contributed by atoms with Crippen molar-refractivity contribution in [2.75, 3.05) is 10.6 Å². The number of aryl methyl sites for hydroxylation is 1. The Hall–Kier alpha value is -2.62. The fourth-order valence-electron chi connectivity index (χ4n) is 2.69. The van der Waals surface area contributed by atoms with E-state index in [0.717, 1.165) is 18.5 Å². The minimum Gasteiger partial charge on any atom is -0.308 e. The van der Waals surface area contributed by atoms with Gasteiger partial charge < -0.3 is 10.6 Å². The van der Waals surface area contributed by atoms with Gasteiger partial charge in [-0.3, -0.25) is 0 Å². The lowest BCUT2D eigenvalue weighted by molar-refractivity contribution is 0.262. The van der Waals surface area contributed by atoms with Crippen LogP contribution in [0.15, 0.2) is 48.6 Å². The second-order valence-corrected chi connectivity index (χ2v) is 5.63. The molecule has 0 radical (unpaired) electrons. The molecule has 2 aromatic rings. The number of carbonyl (C=O) groups excluding carboxylic acids is 1. The van der Waals surface area contributed by atoms with Crippen LogP contribution in [0, 0.1) is 12.7 Å². The fraction of sp³-hybridized carbons (Fsp3) is 0.167. The molecule has 0 heterocycles. The lowest BCUT2D eigenvalue weighted by atomic mass is 10.1. The molecule has 0 aliphatic heterocycles. The number of amides is 2. The highest BCUT2D eigenvalue weighted by molar-refractivity contribution is 6.00. The Labute approximate surface area is 128 Å². The highest BCUT2D eigenvalue weighted by Crippen LogP contribution is 2.27. The highest BCUT2D eigenvalue weighted by atomic mass is 19.1. The van der Waals surface area contributed by atoms with Gasteiger partial charge in [0.25, 0.3) is 0 Å². The van der Waals surface area contributed by atoms with Crippen molar-refractivity contribution in [2.45, 2.75) is 19.8 Å². The summed E-state index contributed by atoms with van der Waals surface area (Å²) in [7, 11) is 0. The molecule has 0 aromatic heterocycles. The summed E-state index contributed by atoms with van der Waals surface area (Å²) in [6.07, 6.45) is 1.78. The molecule has 0 saturated carbocycles. The molecular weight excluding hydrogens is 279 g/mol. The van der Waals surface area contributed by atoms with Gasteiger partial charge >= 0.3 is 6.03 Å². The van der Waals surface area contributed by atoms with Crippen molar-refractivity contribution in [2.24, 2.45) is 0 Å². The first kappa shape index (κ1) is 14.3. The number of nitrogens with one attached hydrogen (secondary N) is 2. The third-order valence-electron chi connectivity index (χ3n) is 3.78. The number of hydrogen-bond donors (Lipinski definition) is 2. The quantitative estimate of drug-likeness (QED) is 0.791. The van der Waals surface area contributed by atoms with Crippen LogP contribution in [-0.4, -0.2) is 6.03 Å². The van der Waals surface area contributed by atoms with Crippen LogP contribution < -0.4 is 10.6 Å². The summed E-state index contributed by atoms with van der Waals surface area (Å²) in [5.41, 5.74) is 5.68. The summed E-state index contributed by atoms with van der Waals surface area (Å²) >= 11 is 0. The smallest absolute Gasteiger partial charge is 0.308 e. The minimum absolute atomic E-state index is 0.317. The monoisotopic (exact) mass is 296 g/mol. The molecule has 0 saturated heterocycles. The van der Waals surface area contributed by atoms with Crippen LogP contribution in [0.1, 0.15) is 16.7 Å². The van der Waals surface area contributed by atoms with E-state index in [2.05, 4.69) is 17.2 Å². The van der Waals surface area contributed by atoms with Crippen LogP contribution in [0.25, 0.3) is 0 Å². The average Bonchev–Trinajstić information content (AvgIpc) is 2.81. The van der Waals surface area contributed by atoms with Gasteiger partial charge in [0.2, 0.25) is 0 Å². The molecule has 3 nitrogen and oxygen atoms in total. The molecule has 112 valence electrons. The standard InChI is InChI=1S/C18H17FN2O/c1-11-7-13-3-5-16(10-14(13)8-11)20-18(22)21-17-6-4-15(19)9-12(17)2/h3-6,9-10H,1,7-8H2,2H3,(H2,20,21,22). The lowest BCUT2D eigenvalue weighted by Crippen LogP contribution is -2.20. The molecule has 2 amide bonds. The number of fused-ring (bicyclic) bond motifs is 1. The van der Waals surface area contributed by atoms with E-state index >= 15 is 0 Å². The molecule has 0 fully saturated rings. The molecule has 0 atom stereocenters. The van der Waals surface area contributed by atoms with Crippen LogP contribution in [0.5, 0.6) is 0 Å². The Balaban J connectivity index is 1.70. The van der Waals surface area contributed by atoms with Gasteiger partial charge in [-0.1, -0.05) is 18.2 Å². The third-order valence-corrected chi connectivity index (χ3v) is 3.78. The first-order valence-corrected chi connectivity index (χ1v) is 7.14. The molecule has 3 rings (SSSR count). The van der Waals surface area contributed by atoms with Crippen LogP contribution >= 0.6 is 0 Å². The molecule has 2 aromatic carbocycles. The number of halogens is 1. The number of rotatable bonds is 2. The number of hydrogen-bond acceptors (Lipinski definition) is 1. The van der Waals surface area contributed by atoms with E-state index in [1.807, 2.05) is 18.2 Å². The molecule has 0 spiro atoms. The van der Waals surface area contributed by atoms with E-state index in [4.69, 9.17) is 0 Å². The van der Waals surface area contributed by atoms with Crippen LogP contribution in [0.4, 0.5) is 20.6 Å². The minimum atomic E-state index is -0.341. The van der Waals surface area contributed by atoms with Crippen molar-refractivity contribution < 1.29 is 9.18 Å². The SMILES string of the molecule is C=C1Cc2ccc(NC(=O)Nc3ccc(F)cc3C)cc2C1. The maximum Gasteiger partial charge on any atom is 0.323 e. The number of carbonyl (C=O) groups is 1. The number of benzene rings is 2. The molecule has 1 aliphatic rings. The largest absolute Gasteiger partial charge is 0.323 e. The van der Waals surface area contributed by atoms with Crippen molar-refractivity contribution >= 4 is 17.4 Å². The van der Waals surface area contributed by atoms with Crippen LogP contribution in [-0.2, 0) is 12.8 Å². The van der Waals surface area contributed by atoms with Gasteiger partial charge in [0.15, 0.2) is 0 Å². The molecular formula is C18H17FN2O. The van der Waals surface area contributed by atoms with E-state index in [1.54, 1.807) is 13.0 Å². The molecule has 0 unspecified atom stereocenters. The Bertz CT molecular complexity index is 768. The van der Waals surface area contributed by atoms with E-state index in [9.17, 15) is 9.18 Å². The van der Waals surface area contributed by atoms with Gasteiger partial charge in [-0.05, 0) is 66.8 Å². The molecule has 2 N–H and O–H groups in total. The number of urea groups is 1. The third kappa shape index (κ3) is 3.01. The number of anilines is 2. The summed E-state index contributed by atoms with van der Waals surface area (Å²) in [4.78, 5) is 12.0. The summed E-state index contributed by atoms with van der Waals surface area (Å²) in [6, 6.07) is 9.80. The lowest BCUT2D eigenvalue weighted by Gasteiger charge is -2.11. The van der Waals surface area contributed by atoms with Crippen LogP contribution in [0.3, 0.4) is 0 Å². The van der Waals surface area contributed by atoms with Gasteiger partial charge in [0.1, 0.15) is 5.82 Å². The predicted octanol–water partition coefficient (Wildman–Crippen LogP) is 4.43. The maximum atomic E-state index is 13.1. The van der Waals surface area contributed by atoms with Gasteiger partial charge in [-0.25, -0.2) is 9.18 Å².